The average Bonchev–Trinajstić information content (AvgIpc) is 2.66. The van der Waals surface area contributed by atoms with Crippen molar-refractivity contribution in [3.8, 4) is 0 Å². The lowest BCUT2D eigenvalue weighted by Gasteiger charge is -2.09. The first kappa shape index (κ1) is 9.79. The Labute approximate surface area is 88.0 Å². The van der Waals surface area contributed by atoms with Gasteiger partial charge in [0.05, 0.1) is 11.7 Å². The fourth-order valence-electron chi connectivity index (χ4n) is 1.40. The Bertz CT molecular complexity index is 422. The van der Waals surface area contributed by atoms with Gasteiger partial charge in [0.25, 0.3) is 0 Å². The summed E-state index contributed by atoms with van der Waals surface area (Å²) in [6.07, 6.45) is 9.30. The highest BCUT2D eigenvalue weighted by molar-refractivity contribution is 5.05. The van der Waals surface area contributed by atoms with Crippen molar-refractivity contribution in [2.75, 3.05) is 0 Å². The van der Waals surface area contributed by atoms with Crippen molar-refractivity contribution in [3.05, 3.63) is 42.5 Å². The molecule has 0 bridgehead atoms. The quantitative estimate of drug-likeness (QED) is 0.786. The van der Waals surface area contributed by atoms with Gasteiger partial charge in [-0.15, -0.1) is 0 Å². The van der Waals surface area contributed by atoms with Crippen molar-refractivity contribution in [3.63, 3.8) is 0 Å². The van der Waals surface area contributed by atoms with E-state index in [0.717, 1.165) is 11.5 Å². The maximum atomic E-state index is 6.00. The summed E-state index contributed by atoms with van der Waals surface area (Å²) in [6.45, 7) is 0. The lowest BCUT2D eigenvalue weighted by molar-refractivity contribution is 0.640. The van der Waals surface area contributed by atoms with Crippen LogP contribution < -0.4 is 5.73 Å². The van der Waals surface area contributed by atoms with Crippen molar-refractivity contribution in [1.29, 1.82) is 0 Å². The lowest BCUT2D eigenvalue weighted by Crippen LogP contribution is -2.17. The molecule has 78 valence electrons. The van der Waals surface area contributed by atoms with Crippen LogP contribution in [0.25, 0.3) is 0 Å². The molecule has 0 aliphatic heterocycles. The Hall–Kier alpha value is -1.75. The van der Waals surface area contributed by atoms with Gasteiger partial charge in [-0.1, -0.05) is 0 Å². The van der Waals surface area contributed by atoms with Crippen molar-refractivity contribution in [1.82, 2.24) is 19.5 Å². The van der Waals surface area contributed by atoms with Gasteiger partial charge in [-0.2, -0.15) is 0 Å². The van der Waals surface area contributed by atoms with E-state index in [-0.39, 0.29) is 6.04 Å². The second kappa shape index (κ2) is 4.18. The topological polar surface area (TPSA) is 69.6 Å². The van der Waals surface area contributed by atoms with Crippen molar-refractivity contribution in [2.24, 2.45) is 12.8 Å². The Morgan fingerprint density at radius 3 is 2.80 bits per heavy atom. The zero-order valence-corrected chi connectivity index (χ0v) is 8.54. The molecule has 0 spiro atoms. The molecule has 0 fully saturated rings. The van der Waals surface area contributed by atoms with Crippen LogP contribution >= 0.6 is 0 Å². The molecule has 0 aliphatic carbocycles. The summed E-state index contributed by atoms with van der Waals surface area (Å²) < 4.78 is 1.95. The second-order valence-electron chi connectivity index (χ2n) is 3.40. The normalized spacial score (nSPS) is 12.7. The zero-order chi connectivity index (χ0) is 10.7. The number of hydrogen-bond donors (Lipinski definition) is 1. The SMILES string of the molecule is Cn1ccnc1CC(N)c1cnccn1. The van der Waals surface area contributed by atoms with Gasteiger partial charge < -0.3 is 10.3 Å². The molecule has 5 nitrogen and oxygen atoms in total. The maximum Gasteiger partial charge on any atom is 0.110 e. The number of nitrogens with zero attached hydrogens (tertiary/aromatic N) is 4. The van der Waals surface area contributed by atoms with Gasteiger partial charge in [0.15, 0.2) is 0 Å². The minimum Gasteiger partial charge on any atom is -0.338 e. The molecule has 2 aromatic heterocycles. The third-order valence-corrected chi connectivity index (χ3v) is 2.29. The molecule has 2 N–H and O–H groups in total. The van der Waals surface area contributed by atoms with E-state index in [1.807, 2.05) is 17.8 Å². The number of imidazole rings is 1. The molecule has 0 aliphatic rings. The standard InChI is InChI=1S/C10H13N5/c1-15-5-4-14-10(15)6-8(11)9-7-12-2-3-13-9/h2-5,7-8H,6,11H2,1H3. The number of hydrogen-bond acceptors (Lipinski definition) is 4. The summed E-state index contributed by atoms with van der Waals surface area (Å²) in [5.74, 6) is 0.952. The summed E-state index contributed by atoms with van der Waals surface area (Å²) in [5, 5.41) is 0. The molecule has 1 unspecified atom stereocenters. The van der Waals surface area contributed by atoms with Gasteiger partial charge in [-0.25, -0.2) is 4.98 Å². The molecule has 0 aromatic carbocycles. The van der Waals surface area contributed by atoms with Crippen molar-refractivity contribution >= 4 is 0 Å². The number of aryl methyl sites for hydroxylation is 1. The number of aromatic nitrogens is 4. The molecular weight excluding hydrogens is 190 g/mol. The van der Waals surface area contributed by atoms with E-state index >= 15 is 0 Å². The van der Waals surface area contributed by atoms with Gasteiger partial charge in [0.1, 0.15) is 5.82 Å². The summed E-state index contributed by atoms with van der Waals surface area (Å²) >= 11 is 0. The Kier molecular flexibility index (Phi) is 2.73. The Morgan fingerprint density at radius 2 is 2.20 bits per heavy atom. The summed E-state index contributed by atoms with van der Waals surface area (Å²) in [6, 6.07) is -0.153. The van der Waals surface area contributed by atoms with Crippen LogP contribution in [0.3, 0.4) is 0 Å². The molecule has 5 heteroatoms. The van der Waals surface area contributed by atoms with E-state index in [4.69, 9.17) is 5.73 Å². The maximum absolute atomic E-state index is 6.00. The highest BCUT2D eigenvalue weighted by Gasteiger charge is 2.10. The Morgan fingerprint density at radius 1 is 1.33 bits per heavy atom. The van der Waals surface area contributed by atoms with Crippen LogP contribution in [-0.4, -0.2) is 19.5 Å². The summed E-state index contributed by atoms with van der Waals surface area (Å²) in [5.41, 5.74) is 6.79. The summed E-state index contributed by atoms with van der Waals surface area (Å²) in [4.78, 5) is 12.4. The van der Waals surface area contributed by atoms with E-state index in [0.29, 0.717) is 6.42 Å². The monoisotopic (exact) mass is 203 g/mol. The van der Waals surface area contributed by atoms with Gasteiger partial charge in [-0.05, 0) is 0 Å². The van der Waals surface area contributed by atoms with Crippen LogP contribution in [0.2, 0.25) is 0 Å². The predicted molar refractivity (Wildman–Crippen MR) is 55.9 cm³/mol. The zero-order valence-electron chi connectivity index (χ0n) is 8.54. The van der Waals surface area contributed by atoms with Crippen LogP contribution in [-0.2, 0) is 13.5 Å². The highest BCUT2D eigenvalue weighted by Crippen LogP contribution is 2.10. The molecule has 0 saturated carbocycles. The van der Waals surface area contributed by atoms with E-state index in [1.165, 1.54) is 0 Å². The average molecular weight is 203 g/mol. The molecule has 1 atom stereocenters. The first-order valence-corrected chi connectivity index (χ1v) is 4.75. The minimum absolute atomic E-state index is 0.153. The van der Waals surface area contributed by atoms with E-state index in [2.05, 4.69) is 15.0 Å². The fourth-order valence-corrected chi connectivity index (χ4v) is 1.40. The first-order chi connectivity index (χ1) is 7.27. The van der Waals surface area contributed by atoms with Crippen LogP contribution in [0, 0.1) is 0 Å². The first-order valence-electron chi connectivity index (χ1n) is 4.75. The molecule has 2 rings (SSSR count). The molecule has 2 aromatic rings. The van der Waals surface area contributed by atoms with E-state index < -0.39 is 0 Å². The van der Waals surface area contributed by atoms with Gasteiger partial charge in [-0.3, -0.25) is 9.97 Å². The van der Waals surface area contributed by atoms with Crippen LogP contribution in [0.5, 0.6) is 0 Å². The molecule has 0 amide bonds. The van der Waals surface area contributed by atoms with Crippen LogP contribution in [0.1, 0.15) is 17.6 Å². The van der Waals surface area contributed by atoms with Crippen molar-refractivity contribution < 1.29 is 0 Å². The summed E-state index contributed by atoms with van der Waals surface area (Å²) in [7, 11) is 1.95. The van der Waals surface area contributed by atoms with Gasteiger partial charge >= 0.3 is 0 Å². The van der Waals surface area contributed by atoms with Crippen LogP contribution in [0.4, 0.5) is 0 Å². The predicted octanol–water partition coefficient (Wildman–Crippen LogP) is 0.453. The molecule has 0 radical (unpaired) electrons. The van der Waals surface area contributed by atoms with E-state index in [1.54, 1.807) is 24.8 Å². The third-order valence-electron chi connectivity index (χ3n) is 2.29. The number of rotatable bonds is 3. The molecule has 0 saturated heterocycles. The highest BCUT2D eigenvalue weighted by atomic mass is 15.0. The van der Waals surface area contributed by atoms with Gasteiger partial charge in [0.2, 0.25) is 0 Å². The number of nitrogens with two attached hydrogens (primary N) is 1. The van der Waals surface area contributed by atoms with Gasteiger partial charge in [0, 0.05) is 44.5 Å². The second-order valence-corrected chi connectivity index (χ2v) is 3.40. The molecular formula is C10H13N5. The minimum atomic E-state index is -0.153. The smallest absolute Gasteiger partial charge is 0.110 e. The van der Waals surface area contributed by atoms with Crippen LogP contribution in [0.15, 0.2) is 31.0 Å². The molecule has 15 heavy (non-hydrogen) atoms. The third kappa shape index (κ3) is 2.19. The molecule has 2 heterocycles. The largest absolute Gasteiger partial charge is 0.338 e. The van der Waals surface area contributed by atoms with Crippen molar-refractivity contribution in [2.45, 2.75) is 12.5 Å². The van der Waals surface area contributed by atoms with E-state index in [9.17, 15) is 0 Å². The Balaban J connectivity index is 2.11. The fraction of sp³-hybridized carbons (Fsp3) is 0.300. The lowest BCUT2D eigenvalue weighted by atomic mass is 10.1.